The van der Waals surface area contributed by atoms with Gasteiger partial charge in [-0.3, -0.25) is 0 Å². The van der Waals surface area contributed by atoms with Crippen LogP contribution in [-0.4, -0.2) is 0 Å². The molecule has 17 aromatic rings. The molecule has 0 fully saturated rings. The molecule has 92 heavy (non-hydrogen) atoms. The zero-order valence-electron chi connectivity index (χ0n) is 51.9. The van der Waals surface area contributed by atoms with Gasteiger partial charge in [-0.15, -0.1) is 0 Å². The van der Waals surface area contributed by atoms with Crippen molar-refractivity contribution >= 4 is 86.2 Å². The number of hydrogen-bond acceptors (Lipinski definition) is 0. The monoisotopic (exact) mass is 1170 g/mol. The molecule has 0 heteroatoms. The Morgan fingerprint density at radius 1 is 0.163 bits per heavy atom. The van der Waals surface area contributed by atoms with E-state index in [2.05, 4.69) is 331 Å². The summed E-state index contributed by atoms with van der Waals surface area (Å²) in [6.07, 6.45) is 0. The summed E-state index contributed by atoms with van der Waals surface area (Å²) in [5.41, 5.74) is 25.5. The fourth-order valence-corrected chi connectivity index (χ4v) is 17.2. The first-order valence-electron chi connectivity index (χ1n) is 32.6. The standard InChI is InChI=1S/C92H62/c1-91(2)81-51-57(43-47-63(81)65-49-45-59(53-83(65)91)85-69-29-9-13-33-73(69)87(74-34-14-10-30-70(74)85)67-41-21-25-55-23-5-7-27-61(55)67)58-44-48-64-66-50-46-60(54-84(66)92(3,4)82(64)52-58)86-71-31-11-17-37-77(71)89(78-38-18-12-32-72(78)86)90-79-39-19-15-35-75(79)88(76-36-16-20-40-80(76)90)68-42-22-26-56-24-6-8-28-62(56)68/h5-54H,1-4H3. The second-order valence-electron chi connectivity index (χ2n) is 26.9. The first kappa shape index (κ1) is 52.7. The van der Waals surface area contributed by atoms with Crippen LogP contribution in [0.5, 0.6) is 0 Å². The first-order valence-corrected chi connectivity index (χ1v) is 32.6. The highest BCUT2D eigenvalue weighted by Gasteiger charge is 2.39. The van der Waals surface area contributed by atoms with E-state index in [0.717, 1.165) is 0 Å². The van der Waals surface area contributed by atoms with Gasteiger partial charge in [-0.2, -0.15) is 0 Å². The zero-order valence-corrected chi connectivity index (χ0v) is 51.9. The molecule has 0 saturated carbocycles. The van der Waals surface area contributed by atoms with Gasteiger partial charge in [-0.25, -0.2) is 0 Å². The smallest absolute Gasteiger partial charge is 0.0159 e. The first-order chi connectivity index (χ1) is 45.2. The molecule has 0 atom stereocenters. The second-order valence-corrected chi connectivity index (χ2v) is 26.9. The maximum atomic E-state index is 2.53. The van der Waals surface area contributed by atoms with E-state index < -0.39 is 0 Å². The molecule has 0 spiro atoms. The summed E-state index contributed by atoms with van der Waals surface area (Å²) in [4.78, 5) is 0. The van der Waals surface area contributed by atoms with Crippen molar-refractivity contribution in [3.63, 3.8) is 0 Å². The van der Waals surface area contributed by atoms with E-state index >= 15 is 0 Å². The number of fused-ring (bicyclic) bond motifs is 14. The highest BCUT2D eigenvalue weighted by atomic mass is 14.4. The van der Waals surface area contributed by atoms with Gasteiger partial charge in [0.15, 0.2) is 0 Å². The SMILES string of the molecule is CC1(C)c2cc(-c3ccc4c(c3)C(C)(C)c3cc(-c5c6ccccc6c(-c6c7ccccc7c(-c7cccc8ccccc78)c7ccccc67)c6ccccc56)ccc3-4)ccc2-c2ccc(-c3c4ccccc4c(-c4cccc5ccccc45)c4ccccc34)cc21. The van der Waals surface area contributed by atoms with E-state index in [1.54, 1.807) is 0 Å². The highest BCUT2D eigenvalue weighted by Crippen LogP contribution is 2.57. The molecule has 430 valence electrons. The zero-order chi connectivity index (χ0) is 61.1. The van der Waals surface area contributed by atoms with Crippen LogP contribution in [0.4, 0.5) is 0 Å². The molecule has 0 bridgehead atoms. The highest BCUT2D eigenvalue weighted by molar-refractivity contribution is 6.31. The Morgan fingerprint density at radius 3 is 0.674 bits per heavy atom. The third-order valence-electron chi connectivity index (χ3n) is 21.4. The van der Waals surface area contributed by atoms with Crippen molar-refractivity contribution in [3.05, 3.63) is 326 Å². The minimum absolute atomic E-state index is 0.231. The van der Waals surface area contributed by atoms with Crippen molar-refractivity contribution in [2.24, 2.45) is 0 Å². The van der Waals surface area contributed by atoms with Gasteiger partial charge in [0.25, 0.3) is 0 Å². The maximum Gasteiger partial charge on any atom is 0.0159 e. The lowest BCUT2D eigenvalue weighted by atomic mass is 9.78. The average Bonchev–Trinajstić information content (AvgIpc) is 0.942. The van der Waals surface area contributed by atoms with Gasteiger partial charge in [0.2, 0.25) is 0 Å². The second kappa shape index (κ2) is 19.7. The van der Waals surface area contributed by atoms with Crippen molar-refractivity contribution in [1.82, 2.24) is 0 Å². The fourth-order valence-electron chi connectivity index (χ4n) is 17.2. The van der Waals surface area contributed by atoms with Crippen LogP contribution in [0.1, 0.15) is 49.9 Å². The number of rotatable bonds is 6. The van der Waals surface area contributed by atoms with Crippen LogP contribution >= 0.6 is 0 Å². The number of benzene rings is 17. The third kappa shape index (κ3) is 7.47. The summed E-state index contributed by atoms with van der Waals surface area (Å²) in [6, 6.07) is 115. The summed E-state index contributed by atoms with van der Waals surface area (Å²) >= 11 is 0. The van der Waals surface area contributed by atoms with E-state index in [9.17, 15) is 0 Å². The Morgan fingerprint density at radius 2 is 0.380 bits per heavy atom. The van der Waals surface area contributed by atoms with Gasteiger partial charge in [0, 0.05) is 10.8 Å². The molecule has 0 radical (unpaired) electrons. The van der Waals surface area contributed by atoms with E-state index in [4.69, 9.17) is 0 Å². The summed E-state index contributed by atoms with van der Waals surface area (Å²) in [5, 5.41) is 20.2. The number of hydrogen-bond donors (Lipinski definition) is 0. The van der Waals surface area contributed by atoms with Crippen molar-refractivity contribution < 1.29 is 0 Å². The van der Waals surface area contributed by atoms with Gasteiger partial charge >= 0.3 is 0 Å². The van der Waals surface area contributed by atoms with Crippen LogP contribution in [-0.2, 0) is 10.8 Å². The molecule has 0 N–H and O–H groups in total. The largest absolute Gasteiger partial charge is 0.0616 e. The fraction of sp³-hybridized carbons (Fsp3) is 0.0652. The molecular weight excluding hydrogens is 1110 g/mol. The van der Waals surface area contributed by atoms with Gasteiger partial charge in [0.1, 0.15) is 0 Å². The Hall–Kier alpha value is -11.2. The summed E-state index contributed by atoms with van der Waals surface area (Å²) in [7, 11) is 0. The van der Waals surface area contributed by atoms with E-state index in [1.807, 2.05) is 0 Å². The quantitative estimate of drug-likeness (QED) is 0.146. The van der Waals surface area contributed by atoms with Crippen molar-refractivity contribution in [3.8, 4) is 89.0 Å². The third-order valence-corrected chi connectivity index (χ3v) is 21.4. The predicted molar refractivity (Wildman–Crippen MR) is 394 cm³/mol. The van der Waals surface area contributed by atoms with Crippen LogP contribution < -0.4 is 0 Å². The predicted octanol–water partition coefficient (Wildman–Crippen LogP) is 25.5. The van der Waals surface area contributed by atoms with Gasteiger partial charge in [-0.05, 0) is 222 Å². The minimum Gasteiger partial charge on any atom is -0.0616 e. The van der Waals surface area contributed by atoms with Crippen LogP contribution in [0.2, 0.25) is 0 Å². The lowest BCUT2D eigenvalue weighted by Gasteiger charge is -2.25. The molecule has 0 saturated heterocycles. The maximum absolute atomic E-state index is 2.53. The normalized spacial score (nSPS) is 13.6. The topological polar surface area (TPSA) is 0 Å². The van der Waals surface area contributed by atoms with Gasteiger partial charge in [-0.1, -0.05) is 307 Å². The van der Waals surface area contributed by atoms with E-state index in [-0.39, 0.29) is 10.8 Å². The van der Waals surface area contributed by atoms with E-state index in [1.165, 1.54) is 197 Å². The molecular formula is C92H62. The molecule has 2 aliphatic carbocycles. The van der Waals surface area contributed by atoms with Crippen LogP contribution in [0.3, 0.4) is 0 Å². The van der Waals surface area contributed by atoms with Crippen LogP contribution in [0.15, 0.2) is 303 Å². The Labute approximate surface area is 536 Å². The molecule has 19 rings (SSSR count). The average molecular weight is 1170 g/mol. The minimum atomic E-state index is -0.254. The molecule has 0 aromatic heterocycles. The summed E-state index contributed by atoms with van der Waals surface area (Å²) in [5.74, 6) is 0. The van der Waals surface area contributed by atoms with Crippen molar-refractivity contribution in [2.45, 2.75) is 38.5 Å². The van der Waals surface area contributed by atoms with Crippen LogP contribution in [0, 0.1) is 0 Å². The Bertz CT molecular complexity index is 5880. The molecule has 0 unspecified atom stereocenters. The molecule has 0 aliphatic heterocycles. The van der Waals surface area contributed by atoms with Gasteiger partial charge < -0.3 is 0 Å². The van der Waals surface area contributed by atoms with Crippen LogP contribution in [0.25, 0.3) is 175 Å². The Balaban J connectivity index is 0.698. The van der Waals surface area contributed by atoms with Crippen molar-refractivity contribution in [2.75, 3.05) is 0 Å². The molecule has 2 aliphatic rings. The van der Waals surface area contributed by atoms with E-state index in [0.29, 0.717) is 0 Å². The molecule has 0 amide bonds. The summed E-state index contributed by atoms with van der Waals surface area (Å²) < 4.78 is 0. The lowest BCUT2D eigenvalue weighted by Crippen LogP contribution is -2.15. The van der Waals surface area contributed by atoms with Gasteiger partial charge in [0.05, 0.1) is 0 Å². The Kier molecular flexibility index (Phi) is 11.3. The lowest BCUT2D eigenvalue weighted by molar-refractivity contribution is 0.660. The molecule has 0 nitrogen and oxygen atoms in total. The van der Waals surface area contributed by atoms with Crippen molar-refractivity contribution in [1.29, 1.82) is 0 Å². The summed E-state index contributed by atoms with van der Waals surface area (Å²) in [6.45, 7) is 9.73. The molecule has 17 aromatic carbocycles. The molecule has 0 heterocycles.